The monoisotopic (exact) mass is 117 g/mol. The molecule has 0 saturated carbocycles. The van der Waals surface area contributed by atoms with E-state index in [1.165, 1.54) is 0 Å². The summed E-state index contributed by atoms with van der Waals surface area (Å²) in [5, 5.41) is 7.41. The standard InChI is InChI=1S/C3H4ClN3/c1-7-2-5-6-3(7)4/h2H,1H3. The third-order valence-corrected chi connectivity index (χ3v) is 0.998. The molecule has 3 nitrogen and oxygen atoms in total. The number of rotatable bonds is 0. The maximum atomic E-state index is 5.41. The molecule has 0 unspecified atom stereocenters. The van der Waals surface area contributed by atoms with Gasteiger partial charge >= 0.3 is 0 Å². The molecular formula is C3H4ClN3. The zero-order chi connectivity index (χ0) is 5.28. The van der Waals surface area contributed by atoms with E-state index in [0.717, 1.165) is 0 Å². The van der Waals surface area contributed by atoms with Crippen LogP contribution in [0.25, 0.3) is 0 Å². The van der Waals surface area contributed by atoms with E-state index in [9.17, 15) is 0 Å². The Balaban J connectivity index is 3.12. The molecule has 1 aromatic rings. The molecular weight excluding hydrogens is 114 g/mol. The van der Waals surface area contributed by atoms with Gasteiger partial charge in [0, 0.05) is 7.05 Å². The SMILES string of the molecule is Cn1cnnc1Cl. The van der Waals surface area contributed by atoms with Gasteiger partial charge in [-0.25, -0.2) is 0 Å². The summed E-state index contributed by atoms with van der Waals surface area (Å²) in [6, 6.07) is 0. The smallest absolute Gasteiger partial charge is 0.224 e. The van der Waals surface area contributed by atoms with Crippen LogP contribution in [0.15, 0.2) is 6.33 Å². The Morgan fingerprint density at radius 3 is 2.71 bits per heavy atom. The third-order valence-electron chi connectivity index (χ3n) is 0.656. The van der Waals surface area contributed by atoms with Crippen molar-refractivity contribution in [3.05, 3.63) is 11.6 Å². The van der Waals surface area contributed by atoms with Crippen molar-refractivity contribution in [1.82, 2.24) is 14.8 Å². The first-order chi connectivity index (χ1) is 3.30. The van der Waals surface area contributed by atoms with Gasteiger partial charge in [-0.15, -0.1) is 10.2 Å². The normalized spacial score (nSPS) is 9.43. The summed E-state index contributed by atoms with van der Waals surface area (Å²) >= 11 is 5.41. The maximum Gasteiger partial charge on any atom is 0.224 e. The van der Waals surface area contributed by atoms with Crippen molar-refractivity contribution in [2.75, 3.05) is 0 Å². The van der Waals surface area contributed by atoms with Crippen LogP contribution in [0, 0.1) is 0 Å². The van der Waals surface area contributed by atoms with Crippen molar-refractivity contribution < 1.29 is 0 Å². The third kappa shape index (κ3) is 0.718. The van der Waals surface area contributed by atoms with Gasteiger partial charge in [0.25, 0.3) is 0 Å². The summed E-state index contributed by atoms with van der Waals surface area (Å²) in [7, 11) is 1.78. The Bertz CT molecular complexity index is 142. The highest BCUT2D eigenvalue weighted by Crippen LogP contribution is 1.96. The summed E-state index contributed by atoms with van der Waals surface area (Å²) in [5.41, 5.74) is 0. The summed E-state index contributed by atoms with van der Waals surface area (Å²) in [4.78, 5) is 0. The van der Waals surface area contributed by atoms with Crippen LogP contribution < -0.4 is 0 Å². The second-order valence-electron chi connectivity index (χ2n) is 1.21. The van der Waals surface area contributed by atoms with E-state index in [4.69, 9.17) is 11.6 Å². The molecule has 0 atom stereocenters. The molecule has 0 fully saturated rings. The van der Waals surface area contributed by atoms with Crippen LogP contribution in [0.3, 0.4) is 0 Å². The predicted molar refractivity (Wildman–Crippen MR) is 26.0 cm³/mol. The fraction of sp³-hybridized carbons (Fsp3) is 0.333. The largest absolute Gasteiger partial charge is 0.308 e. The van der Waals surface area contributed by atoms with Gasteiger partial charge in [0.05, 0.1) is 0 Å². The van der Waals surface area contributed by atoms with Crippen LogP contribution >= 0.6 is 11.6 Å². The first kappa shape index (κ1) is 4.59. The molecule has 38 valence electrons. The molecule has 0 aromatic carbocycles. The topological polar surface area (TPSA) is 30.7 Å². The average Bonchev–Trinajstić information content (AvgIpc) is 1.91. The van der Waals surface area contributed by atoms with Gasteiger partial charge in [0.2, 0.25) is 5.28 Å². The fourth-order valence-electron chi connectivity index (χ4n) is 0.269. The summed E-state index contributed by atoms with van der Waals surface area (Å²) in [5.74, 6) is 0. The van der Waals surface area contributed by atoms with Crippen LogP contribution in [0.1, 0.15) is 0 Å². The first-order valence-electron chi connectivity index (χ1n) is 1.80. The highest BCUT2D eigenvalue weighted by Gasteiger charge is 1.88. The zero-order valence-corrected chi connectivity index (χ0v) is 4.55. The van der Waals surface area contributed by atoms with Crippen molar-refractivity contribution in [3.8, 4) is 0 Å². The molecule has 0 aliphatic rings. The van der Waals surface area contributed by atoms with Crippen LogP contribution in [-0.4, -0.2) is 14.8 Å². The van der Waals surface area contributed by atoms with Crippen molar-refractivity contribution in [1.29, 1.82) is 0 Å². The molecule has 1 aromatic heterocycles. The minimum Gasteiger partial charge on any atom is -0.308 e. The second kappa shape index (κ2) is 1.50. The van der Waals surface area contributed by atoms with Crippen molar-refractivity contribution in [2.24, 2.45) is 7.05 Å². The molecule has 0 amide bonds. The Kier molecular flexibility index (Phi) is 0.982. The van der Waals surface area contributed by atoms with Gasteiger partial charge in [-0.3, -0.25) is 0 Å². The van der Waals surface area contributed by atoms with Crippen molar-refractivity contribution in [2.45, 2.75) is 0 Å². The van der Waals surface area contributed by atoms with E-state index in [0.29, 0.717) is 5.28 Å². The van der Waals surface area contributed by atoms with Crippen molar-refractivity contribution >= 4 is 11.6 Å². The first-order valence-corrected chi connectivity index (χ1v) is 2.18. The van der Waals surface area contributed by atoms with Gasteiger partial charge < -0.3 is 4.57 Å². The molecule has 4 heteroatoms. The molecule has 0 saturated heterocycles. The van der Waals surface area contributed by atoms with Gasteiger partial charge in [0.15, 0.2) is 0 Å². The van der Waals surface area contributed by atoms with Gasteiger partial charge in [-0.05, 0) is 11.6 Å². The zero-order valence-electron chi connectivity index (χ0n) is 3.80. The Hall–Kier alpha value is -0.570. The summed E-state index contributed by atoms with van der Waals surface area (Å²) in [6.45, 7) is 0. The summed E-state index contributed by atoms with van der Waals surface area (Å²) in [6.07, 6.45) is 1.54. The Morgan fingerprint density at radius 1 is 1.86 bits per heavy atom. The average molecular weight is 118 g/mol. The minimum atomic E-state index is 0.417. The van der Waals surface area contributed by atoms with E-state index in [1.54, 1.807) is 17.9 Å². The van der Waals surface area contributed by atoms with Crippen LogP contribution in [-0.2, 0) is 7.05 Å². The highest BCUT2D eigenvalue weighted by atomic mass is 35.5. The van der Waals surface area contributed by atoms with Gasteiger partial charge in [-0.2, -0.15) is 0 Å². The summed E-state index contributed by atoms with van der Waals surface area (Å²) < 4.78 is 1.63. The maximum absolute atomic E-state index is 5.41. The molecule has 0 aliphatic carbocycles. The molecule has 0 spiro atoms. The lowest BCUT2D eigenvalue weighted by Gasteiger charge is -1.82. The van der Waals surface area contributed by atoms with Crippen LogP contribution in [0.2, 0.25) is 5.28 Å². The van der Waals surface area contributed by atoms with E-state index < -0.39 is 0 Å². The van der Waals surface area contributed by atoms with E-state index in [-0.39, 0.29) is 0 Å². The number of nitrogens with zero attached hydrogens (tertiary/aromatic N) is 3. The quantitative estimate of drug-likeness (QED) is 0.495. The number of aryl methyl sites for hydroxylation is 1. The Labute approximate surface area is 45.9 Å². The second-order valence-corrected chi connectivity index (χ2v) is 1.55. The van der Waals surface area contributed by atoms with Crippen molar-refractivity contribution in [3.63, 3.8) is 0 Å². The van der Waals surface area contributed by atoms with E-state index >= 15 is 0 Å². The number of aromatic nitrogens is 3. The van der Waals surface area contributed by atoms with Crippen LogP contribution in [0.4, 0.5) is 0 Å². The van der Waals surface area contributed by atoms with Crippen LogP contribution in [0.5, 0.6) is 0 Å². The molecule has 0 radical (unpaired) electrons. The number of hydrogen-bond acceptors (Lipinski definition) is 2. The molecule has 0 aliphatic heterocycles. The molecule has 0 N–H and O–H groups in total. The molecule has 7 heavy (non-hydrogen) atoms. The lowest BCUT2D eigenvalue weighted by Crippen LogP contribution is -1.81. The highest BCUT2D eigenvalue weighted by molar-refractivity contribution is 6.28. The Morgan fingerprint density at radius 2 is 2.57 bits per heavy atom. The molecule has 0 bridgehead atoms. The lowest BCUT2D eigenvalue weighted by atomic mass is 11.1. The minimum absolute atomic E-state index is 0.417. The molecule has 1 rings (SSSR count). The van der Waals surface area contributed by atoms with Gasteiger partial charge in [-0.1, -0.05) is 0 Å². The predicted octanol–water partition coefficient (Wildman–Crippen LogP) is 0.468. The lowest BCUT2D eigenvalue weighted by molar-refractivity contribution is 0.911. The van der Waals surface area contributed by atoms with E-state index in [2.05, 4.69) is 10.2 Å². The van der Waals surface area contributed by atoms with Gasteiger partial charge in [0.1, 0.15) is 6.33 Å². The number of hydrogen-bond donors (Lipinski definition) is 0. The fourth-order valence-corrected chi connectivity index (χ4v) is 0.356. The number of halogens is 1. The van der Waals surface area contributed by atoms with E-state index in [1.807, 2.05) is 0 Å². The molecule has 1 heterocycles.